The molecule has 1 aliphatic heterocycles. The number of benzene rings is 2. The molecule has 1 heterocycles. The second-order valence-electron chi connectivity index (χ2n) is 6.86. The van der Waals surface area contributed by atoms with Gasteiger partial charge in [0.1, 0.15) is 0 Å². The summed E-state index contributed by atoms with van der Waals surface area (Å²) in [7, 11) is -1.58. The van der Waals surface area contributed by atoms with E-state index in [1.54, 1.807) is 19.2 Å². The van der Waals surface area contributed by atoms with Gasteiger partial charge in [0.05, 0.1) is 22.7 Å². The number of guanidine groups is 1. The number of nitrogens with one attached hydrogen (secondary N) is 2. The van der Waals surface area contributed by atoms with Crippen molar-refractivity contribution in [2.45, 2.75) is 6.54 Å². The first-order chi connectivity index (χ1) is 13.9. The van der Waals surface area contributed by atoms with Gasteiger partial charge in [-0.2, -0.15) is 0 Å². The van der Waals surface area contributed by atoms with Crippen molar-refractivity contribution in [3.05, 3.63) is 59.1 Å². The van der Waals surface area contributed by atoms with E-state index in [-0.39, 0.29) is 0 Å². The van der Waals surface area contributed by atoms with Crippen molar-refractivity contribution in [3.63, 3.8) is 0 Å². The van der Waals surface area contributed by atoms with Crippen molar-refractivity contribution >= 4 is 39.0 Å². The monoisotopic (exact) mass is 435 g/mol. The molecule has 1 fully saturated rings. The molecule has 0 unspecified atom stereocenters. The SMILES string of the molecule is CN=C(NCc1ccccc1NS(C)(=O)=O)N1CCN(c2ccccc2Cl)CC1. The number of piperazine rings is 1. The lowest BCUT2D eigenvalue weighted by molar-refractivity contribution is 0.372. The van der Waals surface area contributed by atoms with Crippen LogP contribution in [0.15, 0.2) is 53.5 Å². The highest BCUT2D eigenvalue weighted by Gasteiger charge is 2.21. The number of hydrogen-bond donors (Lipinski definition) is 2. The van der Waals surface area contributed by atoms with E-state index in [9.17, 15) is 8.42 Å². The number of aliphatic imine (C=N–C) groups is 1. The Morgan fingerprint density at radius 3 is 2.38 bits per heavy atom. The Kier molecular flexibility index (Phi) is 6.87. The predicted octanol–water partition coefficient (Wildman–Crippen LogP) is 2.61. The van der Waals surface area contributed by atoms with E-state index in [0.717, 1.165) is 54.7 Å². The Labute approximate surface area is 177 Å². The van der Waals surface area contributed by atoms with Crippen molar-refractivity contribution in [1.29, 1.82) is 0 Å². The third-order valence-electron chi connectivity index (χ3n) is 4.73. The smallest absolute Gasteiger partial charge is 0.229 e. The molecule has 0 aliphatic carbocycles. The van der Waals surface area contributed by atoms with Crippen LogP contribution in [0.1, 0.15) is 5.56 Å². The lowest BCUT2D eigenvalue weighted by Crippen LogP contribution is -2.52. The highest BCUT2D eigenvalue weighted by Crippen LogP contribution is 2.26. The molecule has 1 aliphatic rings. The molecule has 29 heavy (non-hydrogen) atoms. The summed E-state index contributed by atoms with van der Waals surface area (Å²) in [4.78, 5) is 8.86. The first-order valence-electron chi connectivity index (χ1n) is 9.38. The van der Waals surface area contributed by atoms with Gasteiger partial charge in [0.25, 0.3) is 0 Å². The quantitative estimate of drug-likeness (QED) is 0.557. The minimum atomic E-state index is -3.34. The lowest BCUT2D eigenvalue weighted by Gasteiger charge is -2.38. The first-order valence-corrected chi connectivity index (χ1v) is 11.6. The fourth-order valence-electron chi connectivity index (χ4n) is 3.35. The van der Waals surface area contributed by atoms with Gasteiger partial charge in [-0.1, -0.05) is 41.9 Å². The number of rotatable bonds is 5. The van der Waals surface area contributed by atoms with Crippen LogP contribution in [0.3, 0.4) is 0 Å². The Balaban J connectivity index is 1.61. The van der Waals surface area contributed by atoms with E-state index in [1.165, 1.54) is 0 Å². The third kappa shape index (κ3) is 5.77. The molecule has 3 rings (SSSR count). The van der Waals surface area contributed by atoms with Gasteiger partial charge in [-0.3, -0.25) is 9.71 Å². The molecule has 7 nitrogen and oxygen atoms in total. The van der Waals surface area contributed by atoms with Gasteiger partial charge >= 0.3 is 0 Å². The van der Waals surface area contributed by atoms with E-state index >= 15 is 0 Å². The molecular weight excluding hydrogens is 410 g/mol. The van der Waals surface area contributed by atoms with Crippen molar-refractivity contribution in [3.8, 4) is 0 Å². The topological polar surface area (TPSA) is 77.0 Å². The largest absolute Gasteiger partial charge is 0.367 e. The fraction of sp³-hybridized carbons (Fsp3) is 0.350. The maximum atomic E-state index is 11.6. The van der Waals surface area contributed by atoms with Crippen molar-refractivity contribution in [2.75, 3.05) is 49.1 Å². The normalized spacial score (nSPS) is 15.3. The summed E-state index contributed by atoms with van der Waals surface area (Å²) in [5.74, 6) is 0.790. The van der Waals surface area contributed by atoms with Gasteiger partial charge in [0.2, 0.25) is 10.0 Å². The zero-order chi connectivity index (χ0) is 20.9. The Hall–Kier alpha value is -2.45. The van der Waals surface area contributed by atoms with Crippen LogP contribution in [-0.4, -0.2) is 58.8 Å². The van der Waals surface area contributed by atoms with Crippen molar-refractivity contribution in [2.24, 2.45) is 4.99 Å². The number of nitrogens with zero attached hydrogens (tertiary/aromatic N) is 3. The van der Waals surface area contributed by atoms with Gasteiger partial charge in [0, 0.05) is 39.8 Å². The number of sulfonamides is 1. The summed E-state index contributed by atoms with van der Waals surface area (Å²) in [5.41, 5.74) is 2.48. The minimum Gasteiger partial charge on any atom is -0.367 e. The molecule has 0 spiro atoms. The van der Waals surface area contributed by atoms with Crippen LogP contribution in [-0.2, 0) is 16.6 Å². The lowest BCUT2D eigenvalue weighted by atomic mass is 10.2. The zero-order valence-corrected chi connectivity index (χ0v) is 18.2. The molecule has 0 bridgehead atoms. The average Bonchev–Trinajstić information content (AvgIpc) is 2.69. The van der Waals surface area contributed by atoms with Gasteiger partial charge in [0.15, 0.2) is 5.96 Å². The fourth-order valence-corrected chi connectivity index (χ4v) is 4.20. The summed E-state index contributed by atoms with van der Waals surface area (Å²) >= 11 is 6.32. The number of hydrogen-bond acceptors (Lipinski definition) is 4. The molecule has 1 saturated heterocycles. The predicted molar refractivity (Wildman–Crippen MR) is 120 cm³/mol. The molecule has 0 aromatic heterocycles. The number of para-hydroxylation sites is 2. The van der Waals surface area contributed by atoms with Gasteiger partial charge in [-0.15, -0.1) is 0 Å². The Morgan fingerprint density at radius 2 is 1.72 bits per heavy atom. The minimum absolute atomic E-state index is 0.468. The molecule has 2 aromatic rings. The Bertz CT molecular complexity index is 972. The van der Waals surface area contributed by atoms with E-state index in [0.29, 0.717) is 12.2 Å². The van der Waals surface area contributed by atoms with Gasteiger partial charge < -0.3 is 15.1 Å². The summed E-state index contributed by atoms with van der Waals surface area (Å²) in [6.45, 7) is 3.78. The number of halogens is 1. The molecule has 0 amide bonds. The summed E-state index contributed by atoms with van der Waals surface area (Å²) < 4.78 is 25.7. The molecular formula is C20H26ClN5O2S. The standard InChI is InChI=1S/C20H26ClN5O2S/c1-22-20(23-15-16-7-3-5-9-18(16)24-29(2,27)28)26-13-11-25(12-14-26)19-10-6-4-8-17(19)21/h3-10,24H,11-15H2,1-2H3,(H,22,23). The van der Waals surface area contributed by atoms with Crippen molar-refractivity contribution in [1.82, 2.24) is 10.2 Å². The van der Waals surface area contributed by atoms with Crippen LogP contribution in [0.5, 0.6) is 0 Å². The van der Waals surface area contributed by atoms with E-state index < -0.39 is 10.0 Å². The second kappa shape index (κ2) is 9.37. The molecule has 156 valence electrons. The average molecular weight is 436 g/mol. The van der Waals surface area contributed by atoms with Crippen LogP contribution in [0, 0.1) is 0 Å². The number of anilines is 2. The van der Waals surface area contributed by atoms with Crippen LogP contribution < -0.4 is 14.9 Å². The van der Waals surface area contributed by atoms with Crippen LogP contribution >= 0.6 is 11.6 Å². The first kappa shape index (κ1) is 21.3. The molecule has 0 radical (unpaired) electrons. The second-order valence-corrected chi connectivity index (χ2v) is 9.01. The van der Waals surface area contributed by atoms with E-state index in [4.69, 9.17) is 11.6 Å². The van der Waals surface area contributed by atoms with Gasteiger partial charge in [-0.05, 0) is 23.8 Å². The van der Waals surface area contributed by atoms with Crippen LogP contribution in [0.25, 0.3) is 0 Å². The molecule has 2 N–H and O–H groups in total. The van der Waals surface area contributed by atoms with Crippen LogP contribution in [0.2, 0.25) is 5.02 Å². The maximum Gasteiger partial charge on any atom is 0.229 e. The van der Waals surface area contributed by atoms with Gasteiger partial charge in [-0.25, -0.2) is 8.42 Å². The van der Waals surface area contributed by atoms with E-state index in [2.05, 4.69) is 24.8 Å². The third-order valence-corrected chi connectivity index (χ3v) is 5.64. The molecule has 2 aromatic carbocycles. The van der Waals surface area contributed by atoms with Crippen LogP contribution in [0.4, 0.5) is 11.4 Å². The summed E-state index contributed by atoms with van der Waals surface area (Å²) in [6.07, 6.45) is 1.15. The maximum absolute atomic E-state index is 11.6. The molecule has 0 atom stereocenters. The highest BCUT2D eigenvalue weighted by atomic mass is 35.5. The van der Waals surface area contributed by atoms with Crippen molar-refractivity contribution < 1.29 is 8.42 Å². The zero-order valence-electron chi connectivity index (χ0n) is 16.6. The Morgan fingerprint density at radius 1 is 1.07 bits per heavy atom. The molecule has 9 heteroatoms. The molecule has 0 saturated carbocycles. The summed E-state index contributed by atoms with van der Waals surface area (Å²) in [6, 6.07) is 15.2. The highest BCUT2D eigenvalue weighted by molar-refractivity contribution is 7.92. The summed E-state index contributed by atoms with van der Waals surface area (Å²) in [5, 5.41) is 4.11. The van der Waals surface area contributed by atoms with E-state index in [1.807, 2.05) is 36.4 Å².